The predicted molar refractivity (Wildman–Crippen MR) is 86.7 cm³/mol. The van der Waals surface area contributed by atoms with E-state index in [2.05, 4.69) is 5.32 Å². The second kappa shape index (κ2) is 8.29. The topological polar surface area (TPSA) is 79.0 Å². The Bertz CT molecular complexity index is 437. The summed E-state index contributed by atoms with van der Waals surface area (Å²) in [4.78, 5) is 39.0. The summed E-state index contributed by atoms with van der Waals surface area (Å²) in [6, 6.07) is 0. The fourth-order valence-corrected chi connectivity index (χ4v) is 2.57. The van der Waals surface area contributed by atoms with Crippen molar-refractivity contribution < 1.29 is 19.1 Å². The van der Waals surface area contributed by atoms with Gasteiger partial charge in [0.15, 0.2) is 0 Å². The standard InChI is InChI=1S/C16H29N3O4/c1-16(2,3)17-13(20)10-18(4)14(21)11-19-8-6-12(7-9-19)15(22)23-5/h12H,6-11H2,1-5H3,(H,17,20). The number of rotatable bonds is 5. The summed E-state index contributed by atoms with van der Waals surface area (Å²) in [5.41, 5.74) is -0.309. The summed E-state index contributed by atoms with van der Waals surface area (Å²) in [5, 5.41) is 2.84. The summed E-state index contributed by atoms with van der Waals surface area (Å²) in [7, 11) is 3.03. The monoisotopic (exact) mass is 327 g/mol. The van der Waals surface area contributed by atoms with Crippen molar-refractivity contribution in [1.29, 1.82) is 0 Å². The smallest absolute Gasteiger partial charge is 0.308 e. The molecule has 7 heteroatoms. The Kier molecular flexibility index (Phi) is 7.00. The Hall–Kier alpha value is -1.63. The molecule has 1 aliphatic rings. The second-order valence-corrected chi connectivity index (χ2v) is 7.12. The van der Waals surface area contributed by atoms with E-state index in [0.29, 0.717) is 25.9 Å². The highest BCUT2D eigenvalue weighted by molar-refractivity contribution is 5.85. The van der Waals surface area contributed by atoms with Crippen molar-refractivity contribution in [3.8, 4) is 0 Å². The number of nitrogens with one attached hydrogen (secondary N) is 1. The van der Waals surface area contributed by atoms with Gasteiger partial charge in [-0.1, -0.05) is 0 Å². The maximum atomic E-state index is 12.2. The van der Waals surface area contributed by atoms with E-state index in [0.717, 1.165) is 0 Å². The molecule has 1 fully saturated rings. The fourth-order valence-electron chi connectivity index (χ4n) is 2.57. The van der Waals surface area contributed by atoms with Gasteiger partial charge in [-0.25, -0.2) is 0 Å². The van der Waals surface area contributed by atoms with Gasteiger partial charge in [0.1, 0.15) is 0 Å². The molecule has 0 bridgehead atoms. The maximum absolute atomic E-state index is 12.2. The molecule has 1 aliphatic heterocycles. The summed E-state index contributed by atoms with van der Waals surface area (Å²) in [6.45, 7) is 7.40. The molecule has 0 unspecified atom stereocenters. The van der Waals surface area contributed by atoms with Crippen LogP contribution in [-0.2, 0) is 19.1 Å². The molecule has 2 amide bonds. The number of carbonyl (C=O) groups is 3. The first-order valence-electron chi connectivity index (χ1n) is 7.97. The van der Waals surface area contributed by atoms with Crippen molar-refractivity contribution in [2.75, 3.05) is 40.3 Å². The van der Waals surface area contributed by atoms with Crippen molar-refractivity contribution in [2.45, 2.75) is 39.2 Å². The maximum Gasteiger partial charge on any atom is 0.308 e. The van der Waals surface area contributed by atoms with Crippen molar-refractivity contribution in [3.63, 3.8) is 0 Å². The molecular formula is C16H29N3O4. The first kappa shape index (κ1) is 19.4. The highest BCUT2D eigenvalue weighted by atomic mass is 16.5. The van der Waals surface area contributed by atoms with Crippen LogP contribution in [0.1, 0.15) is 33.6 Å². The van der Waals surface area contributed by atoms with Crippen LogP contribution in [0.4, 0.5) is 0 Å². The number of hydrogen-bond acceptors (Lipinski definition) is 5. The van der Waals surface area contributed by atoms with Gasteiger partial charge in [-0.05, 0) is 46.7 Å². The van der Waals surface area contributed by atoms with Gasteiger partial charge in [0.05, 0.1) is 26.1 Å². The lowest BCUT2D eigenvalue weighted by Crippen LogP contribution is -2.48. The van der Waals surface area contributed by atoms with Gasteiger partial charge in [0, 0.05) is 12.6 Å². The average molecular weight is 327 g/mol. The molecule has 132 valence electrons. The van der Waals surface area contributed by atoms with Crippen molar-refractivity contribution in [2.24, 2.45) is 5.92 Å². The molecule has 0 radical (unpaired) electrons. The van der Waals surface area contributed by atoms with E-state index in [9.17, 15) is 14.4 Å². The number of amides is 2. The van der Waals surface area contributed by atoms with E-state index >= 15 is 0 Å². The Labute approximate surface area is 138 Å². The molecule has 1 rings (SSSR count). The lowest BCUT2D eigenvalue weighted by Gasteiger charge is -2.31. The molecule has 0 atom stereocenters. The van der Waals surface area contributed by atoms with Crippen LogP contribution in [0.25, 0.3) is 0 Å². The van der Waals surface area contributed by atoms with Gasteiger partial charge in [-0.2, -0.15) is 0 Å². The van der Waals surface area contributed by atoms with Crippen LogP contribution in [-0.4, -0.2) is 73.5 Å². The molecule has 0 spiro atoms. The lowest BCUT2D eigenvalue weighted by molar-refractivity contribution is -0.147. The highest BCUT2D eigenvalue weighted by Crippen LogP contribution is 2.18. The third-order valence-electron chi connectivity index (χ3n) is 3.80. The Morgan fingerprint density at radius 3 is 2.26 bits per heavy atom. The minimum absolute atomic E-state index is 0.0503. The zero-order chi connectivity index (χ0) is 17.6. The molecule has 23 heavy (non-hydrogen) atoms. The SMILES string of the molecule is COC(=O)C1CCN(CC(=O)N(C)CC(=O)NC(C)(C)C)CC1. The number of likely N-dealkylation sites (tertiary alicyclic amines) is 1. The van der Waals surface area contributed by atoms with E-state index < -0.39 is 0 Å². The second-order valence-electron chi connectivity index (χ2n) is 7.12. The van der Waals surface area contributed by atoms with Crippen LogP contribution in [0, 0.1) is 5.92 Å². The molecule has 7 nitrogen and oxygen atoms in total. The quantitative estimate of drug-likeness (QED) is 0.732. The van der Waals surface area contributed by atoms with Crippen LogP contribution < -0.4 is 5.32 Å². The van der Waals surface area contributed by atoms with E-state index in [1.54, 1.807) is 7.05 Å². The van der Waals surface area contributed by atoms with Gasteiger partial charge in [-0.15, -0.1) is 0 Å². The number of methoxy groups -OCH3 is 1. The van der Waals surface area contributed by atoms with Crippen LogP contribution in [0.3, 0.4) is 0 Å². The first-order chi connectivity index (χ1) is 10.6. The van der Waals surface area contributed by atoms with Gasteiger partial charge in [0.2, 0.25) is 11.8 Å². The van der Waals surface area contributed by atoms with Crippen LogP contribution in [0.5, 0.6) is 0 Å². The van der Waals surface area contributed by atoms with Crippen LogP contribution in [0.15, 0.2) is 0 Å². The average Bonchev–Trinajstić information content (AvgIpc) is 2.45. The summed E-state index contributed by atoms with van der Waals surface area (Å²) < 4.78 is 4.75. The van der Waals surface area contributed by atoms with Crippen molar-refractivity contribution in [3.05, 3.63) is 0 Å². The molecule has 0 aromatic carbocycles. The molecular weight excluding hydrogens is 298 g/mol. The number of carbonyl (C=O) groups excluding carboxylic acids is 3. The highest BCUT2D eigenvalue weighted by Gasteiger charge is 2.27. The largest absolute Gasteiger partial charge is 0.469 e. The van der Waals surface area contributed by atoms with Gasteiger partial charge < -0.3 is 15.0 Å². The fraction of sp³-hybridized carbons (Fsp3) is 0.812. The van der Waals surface area contributed by atoms with Crippen LogP contribution in [0.2, 0.25) is 0 Å². The minimum Gasteiger partial charge on any atom is -0.469 e. The predicted octanol–water partition coefficient (Wildman–Crippen LogP) is 0.245. The number of ether oxygens (including phenoxy) is 1. The normalized spacial score (nSPS) is 16.7. The molecule has 0 aromatic rings. The molecule has 0 saturated carbocycles. The number of nitrogens with zero attached hydrogens (tertiary/aromatic N) is 2. The molecule has 1 saturated heterocycles. The number of esters is 1. The zero-order valence-corrected chi connectivity index (χ0v) is 14.8. The summed E-state index contributed by atoms with van der Waals surface area (Å²) in [5.74, 6) is -0.503. The number of piperidine rings is 1. The van der Waals surface area contributed by atoms with Gasteiger partial charge >= 0.3 is 5.97 Å². The Morgan fingerprint density at radius 2 is 1.78 bits per heavy atom. The zero-order valence-electron chi connectivity index (χ0n) is 14.8. The number of likely N-dealkylation sites (N-methyl/N-ethyl adjacent to an activating group) is 1. The van der Waals surface area contributed by atoms with Crippen LogP contribution >= 0.6 is 0 Å². The molecule has 1 heterocycles. The van der Waals surface area contributed by atoms with Gasteiger partial charge in [0.25, 0.3) is 0 Å². The third-order valence-corrected chi connectivity index (χ3v) is 3.80. The molecule has 1 N–H and O–H groups in total. The lowest BCUT2D eigenvalue weighted by atomic mass is 9.97. The summed E-state index contributed by atoms with van der Waals surface area (Å²) in [6.07, 6.45) is 1.41. The van der Waals surface area contributed by atoms with E-state index in [4.69, 9.17) is 4.74 Å². The third kappa shape index (κ3) is 6.99. The first-order valence-corrected chi connectivity index (χ1v) is 7.97. The van der Waals surface area contributed by atoms with Crippen molar-refractivity contribution in [1.82, 2.24) is 15.1 Å². The van der Waals surface area contributed by atoms with Crippen molar-refractivity contribution >= 4 is 17.8 Å². The molecule has 0 aliphatic carbocycles. The minimum atomic E-state index is -0.309. The molecule has 0 aromatic heterocycles. The number of hydrogen-bond donors (Lipinski definition) is 1. The summed E-state index contributed by atoms with van der Waals surface area (Å²) >= 11 is 0. The Morgan fingerprint density at radius 1 is 1.22 bits per heavy atom. The van der Waals surface area contributed by atoms with E-state index in [1.165, 1.54) is 12.0 Å². The van der Waals surface area contributed by atoms with E-state index in [-0.39, 0.29) is 42.3 Å². The Balaban J connectivity index is 2.36. The van der Waals surface area contributed by atoms with Gasteiger partial charge in [-0.3, -0.25) is 19.3 Å². The van der Waals surface area contributed by atoms with E-state index in [1.807, 2.05) is 25.7 Å².